The van der Waals surface area contributed by atoms with Crippen molar-refractivity contribution in [3.05, 3.63) is 0 Å². The number of carboxylic acids is 4. The van der Waals surface area contributed by atoms with Crippen molar-refractivity contribution in [3.63, 3.8) is 0 Å². The molecule has 18 heteroatoms. The zero-order valence-corrected chi connectivity index (χ0v) is 44.0. The summed E-state index contributed by atoms with van der Waals surface area (Å²) in [6, 6.07) is 0. The number of Topliss-reactive ketones (excluding diaryl/α,β-unsaturated/α-hetero) is 4. The van der Waals surface area contributed by atoms with E-state index in [2.05, 4.69) is 27.7 Å². The van der Waals surface area contributed by atoms with Gasteiger partial charge in [0.25, 0.3) is 0 Å². The van der Waals surface area contributed by atoms with E-state index in [-0.39, 0.29) is 36.0 Å². The van der Waals surface area contributed by atoms with E-state index in [1.165, 1.54) is 25.7 Å². The van der Waals surface area contributed by atoms with Crippen LogP contribution in [-0.4, -0.2) is 116 Å². The zero-order chi connectivity index (χ0) is 47.6. The molecule has 0 saturated heterocycles. The van der Waals surface area contributed by atoms with E-state index < -0.39 is 93.5 Å². The molecule has 0 spiro atoms. The van der Waals surface area contributed by atoms with Gasteiger partial charge in [-0.1, -0.05) is 79.1 Å². The van der Waals surface area contributed by atoms with Crippen LogP contribution in [0.15, 0.2) is 0 Å². The van der Waals surface area contributed by atoms with Crippen LogP contribution in [0.4, 0.5) is 0 Å². The van der Waals surface area contributed by atoms with Crippen LogP contribution in [0.2, 0.25) is 0 Å². The molecule has 0 saturated carbocycles. The van der Waals surface area contributed by atoms with Gasteiger partial charge in [-0.05, 0) is 12.8 Å². The Kier molecular flexibility index (Phi) is 66.2. The summed E-state index contributed by atoms with van der Waals surface area (Å²) >= 11 is -1.78. The fraction of sp³-hybridized carbons (Fsp3) is 0.810. The van der Waals surface area contributed by atoms with Gasteiger partial charge in [-0.15, -0.1) is 0 Å². The molecule has 0 atom stereocenters. The number of unbranched alkanes of at least 4 members (excludes halogenated alkanes) is 8. The third-order valence-corrected chi connectivity index (χ3v) is 11.6. The summed E-state index contributed by atoms with van der Waals surface area (Å²) in [5.74, 6) is -6.12. The normalized spacial score (nSPS) is 9.53. The molecule has 0 aromatic carbocycles. The molecule has 0 N–H and O–H groups in total. The monoisotopic (exact) mass is 1080 g/mol. The van der Waals surface area contributed by atoms with Crippen molar-refractivity contribution in [2.75, 3.05) is 13.2 Å². The van der Waals surface area contributed by atoms with Crippen LogP contribution in [0.25, 0.3) is 0 Å². The molecule has 0 aromatic heterocycles. The first-order chi connectivity index (χ1) is 28.2. The second kappa shape index (κ2) is 57.0. The van der Waals surface area contributed by atoms with Crippen molar-refractivity contribution in [1.82, 2.24) is 0 Å². The predicted molar refractivity (Wildman–Crippen MR) is 222 cm³/mol. The van der Waals surface area contributed by atoms with Crippen LogP contribution < -0.4 is 20.4 Å². The van der Waals surface area contributed by atoms with Crippen molar-refractivity contribution in [2.45, 2.75) is 210 Å². The SMILES string of the molecule is CC(C)[O][Sn+2][O]C(C)C.CCC(=O)CC(=O)[O-].CCC(=O)CC(=O)[O-].CCCCCCCC(=O)CC(=O)[O-].CCCCCCCC(=O)CC(=O)[O-].CCC[O][Sn+2][O]CCC. The number of carbonyl (C=O) groups excluding carboxylic acids is 8. The Morgan fingerprint density at radius 2 is 0.683 bits per heavy atom. The van der Waals surface area contributed by atoms with Crippen molar-refractivity contribution in [3.8, 4) is 0 Å². The predicted octanol–water partition coefficient (Wildman–Crippen LogP) is 3.07. The summed E-state index contributed by atoms with van der Waals surface area (Å²) in [6.07, 6.45) is 13.1. The Morgan fingerprint density at radius 1 is 0.400 bits per heavy atom. The number of aliphatic carboxylic acids is 4. The average Bonchev–Trinajstić information content (AvgIpc) is 3.14. The summed E-state index contributed by atoms with van der Waals surface area (Å²) in [5, 5.41) is 39.3. The summed E-state index contributed by atoms with van der Waals surface area (Å²) in [4.78, 5) is 81.4. The number of ketones is 4. The van der Waals surface area contributed by atoms with Crippen molar-refractivity contribution >= 4 is 91.0 Å². The molecule has 0 rings (SSSR count). The molecule has 0 unspecified atom stereocenters. The van der Waals surface area contributed by atoms with Gasteiger partial charge < -0.3 is 39.6 Å². The van der Waals surface area contributed by atoms with E-state index in [0.29, 0.717) is 25.0 Å². The number of rotatable bonds is 32. The number of carbonyl (C=O) groups is 8. The van der Waals surface area contributed by atoms with Crippen molar-refractivity contribution in [1.29, 1.82) is 0 Å². The Bertz CT molecular complexity index is 989. The third-order valence-electron chi connectivity index (χ3n) is 6.57. The van der Waals surface area contributed by atoms with Crippen molar-refractivity contribution < 1.29 is 71.1 Å². The molecule has 0 fully saturated rings. The van der Waals surface area contributed by atoms with Gasteiger partial charge in [-0.25, -0.2) is 0 Å². The molecule has 0 amide bonds. The molecule has 0 bridgehead atoms. The zero-order valence-electron chi connectivity index (χ0n) is 38.2. The van der Waals surface area contributed by atoms with Gasteiger partial charge in [0.1, 0.15) is 23.1 Å². The maximum absolute atomic E-state index is 10.9. The molecular weight excluding hydrogens is 998 g/mol. The quantitative estimate of drug-likeness (QED) is 0.0532. The Morgan fingerprint density at radius 3 is 0.900 bits per heavy atom. The summed E-state index contributed by atoms with van der Waals surface area (Å²) in [6.45, 7) is 21.6. The van der Waals surface area contributed by atoms with Gasteiger partial charge >= 0.3 is 136 Å². The van der Waals surface area contributed by atoms with Crippen LogP contribution in [0.3, 0.4) is 0 Å². The summed E-state index contributed by atoms with van der Waals surface area (Å²) in [7, 11) is 0. The summed E-state index contributed by atoms with van der Waals surface area (Å²) < 4.78 is 21.1. The molecular formula is C42H76O16Sn2. The molecule has 0 aromatic rings. The Balaban J connectivity index is -0.000000148. The van der Waals surface area contributed by atoms with Gasteiger partial charge in [-0.2, -0.15) is 0 Å². The number of carboxylic acid groups (broad SMARTS) is 4. The van der Waals surface area contributed by atoms with Crippen LogP contribution >= 0.6 is 0 Å². The topological polar surface area (TPSA) is 266 Å². The molecule has 16 nitrogen and oxygen atoms in total. The van der Waals surface area contributed by atoms with E-state index in [9.17, 15) is 58.8 Å². The first kappa shape index (κ1) is 69.7. The van der Waals surface area contributed by atoms with Crippen LogP contribution in [0.5, 0.6) is 0 Å². The maximum atomic E-state index is 10.9. The first-order valence-electron chi connectivity index (χ1n) is 21.1. The molecule has 0 aliphatic carbocycles. The second-order valence-electron chi connectivity index (χ2n) is 13.6. The van der Waals surface area contributed by atoms with Crippen LogP contribution in [0, 0.1) is 0 Å². The first-order valence-corrected chi connectivity index (χ1v) is 25.8. The molecule has 0 aliphatic heterocycles. The molecule has 348 valence electrons. The van der Waals surface area contributed by atoms with E-state index in [4.69, 9.17) is 12.3 Å². The minimum absolute atomic E-state index is 0.212. The minimum atomic E-state index is -1.29. The second-order valence-corrected chi connectivity index (χ2v) is 17.5. The van der Waals surface area contributed by atoms with Crippen molar-refractivity contribution in [2.24, 2.45) is 0 Å². The van der Waals surface area contributed by atoms with Crippen LogP contribution in [-0.2, 0) is 50.7 Å². The van der Waals surface area contributed by atoms with Gasteiger partial charge in [0, 0.05) is 75.2 Å². The molecule has 0 aliphatic rings. The van der Waals surface area contributed by atoms with Gasteiger partial charge in [0.2, 0.25) is 0 Å². The summed E-state index contributed by atoms with van der Waals surface area (Å²) in [5.41, 5.74) is 0. The number of hydrogen-bond donors (Lipinski definition) is 0. The molecule has 0 heterocycles. The fourth-order valence-electron chi connectivity index (χ4n) is 3.47. The number of hydrogen-bond acceptors (Lipinski definition) is 16. The Hall–Kier alpha value is -2.00. The molecule has 60 heavy (non-hydrogen) atoms. The van der Waals surface area contributed by atoms with E-state index in [0.717, 1.165) is 64.6 Å². The standard InChI is InChI=1S/2C10H18O3.2C5H8O3.4C3H7O.2Sn/c2*1-2-3-4-5-6-7-9(11)8-10(12)13;2*1-2-4(6)3-5(7)8;2*1-3(2)4;2*1-2-3-4;;/h2*2-8H2,1H3,(H,12,13);2*2-3H2,1H3,(H,7,8);2*3H,1-2H3;2*2-3H2,1H3;;/q;;;;4*-1;2*+4/p-4. The van der Waals surface area contributed by atoms with Gasteiger partial charge in [-0.3, -0.25) is 19.2 Å². The fourth-order valence-corrected chi connectivity index (χ4v) is 6.61. The average molecular weight is 1070 g/mol. The van der Waals surface area contributed by atoms with Crippen LogP contribution in [0.1, 0.15) is 198 Å². The van der Waals surface area contributed by atoms with Gasteiger partial charge in [0.15, 0.2) is 0 Å². The van der Waals surface area contributed by atoms with E-state index in [1.54, 1.807) is 13.8 Å². The van der Waals surface area contributed by atoms with E-state index in [1.807, 2.05) is 27.7 Å². The third kappa shape index (κ3) is 87.5. The van der Waals surface area contributed by atoms with E-state index >= 15 is 0 Å². The Labute approximate surface area is 383 Å². The molecule has 0 radical (unpaired) electrons. The van der Waals surface area contributed by atoms with Gasteiger partial charge in [0.05, 0.1) is 0 Å².